The summed E-state index contributed by atoms with van der Waals surface area (Å²) in [6, 6.07) is 12.5. The van der Waals surface area contributed by atoms with E-state index in [2.05, 4.69) is 16.2 Å². The van der Waals surface area contributed by atoms with Gasteiger partial charge in [-0.05, 0) is 43.2 Å². The van der Waals surface area contributed by atoms with Gasteiger partial charge in [0, 0.05) is 23.6 Å². The van der Waals surface area contributed by atoms with E-state index in [9.17, 15) is 14.4 Å². The lowest BCUT2D eigenvalue weighted by atomic mass is 10.2. The van der Waals surface area contributed by atoms with Crippen molar-refractivity contribution in [2.24, 2.45) is 0 Å². The first-order valence-electron chi connectivity index (χ1n) is 8.68. The molecule has 0 aliphatic rings. The average Bonchev–Trinajstić information content (AvgIpc) is 2.67. The Bertz CT molecular complexity index is 870. The minimum Gasteiger partial charge on any atom is -0.483 e. The van der Waals surface area contributed by atoms with E-state index in [0.29, 0.717) is 16.5 Å². The molecule has 0 saturated heterocycles. The smallest absolute Gasteiger partial charge is 0.276 e. The molecule has 8 heteroatoms. The SMILES string of the molecule is Cc1ccccc1OCC(=O)NNC(=O)CCC(=O)Nc1cccc(Cl)c1C. The summed E-state index contributed by atoms with van der Waals surface area (Å²) in [4.78, 5) is 35.5. The summed E-state index contributed by atoms with van der Waals surface area (Å²) in [7, 11) is 0. The number of anilines is 1. The quantitative estimate of drug-likeness (QED) is 0.619. The Kier molecular flexibility index (Phi) is 7.83. The Morgan fingerprint density at radius 1 is 0.893 bits per heavy atom. The molecule has 2 rings (SSSR count). The maximum Gasteiger partial charge on any atom is 0.276 e. The molecule has 0 radical (unpaired) electrons. The summed E-state index contributed by atoms with van der Waals surface area (Å²) < 4.78 is 5.38. The van der Waals surface area contributed by atoms with Crippen LogP contribution < -0.4 is 20.9 Å². The lowest BCUT2D eigenvalue weighted by Crippen LogP contribution is -2.44. The molecule has 0 spiro atoms. The molecule has 148 valence electrons. The van der Waals surface area contributed by atoms with E-state index < -0.39 is 11.8 Å². The highest BCUT2D eigenvalue weighted by molar-refractivity contribution is 6.31. The van der Waals surface area contributed by atoms with Crippen LogP contribution in [0.15, 0.2) is 42.5 Å². The molecule has 0 aliphatic carbocycles. The third-order valence-electron chi connectivity index (χ3n) is 3.91. The summed E-state index contributed by atoms with van der Waals surface area (Å²) >= 11 is 6.00. The zero-order valence-electron chi connectivity index (χ0n) is 15.7. The fourth-order valence-corrected chi connectivity index (χ4v) is 2.46. The third kappa shape index (κ3) is 6.59. The van der Waals surface area contributed by atoms with Crippen molar-refractivity contribution in [3.8, 4) is 5.75 Å². The number of carbonyl (C=O) groups is 3. The first kappa shape index (κ1) is 21.2. The maximum absolute atomic E-state index is 12.0. The minimum atomic E-state index is -0.504. The van der Waals surface area contributed by atoms with Gasteiger partial charge in [0.1, 0.15) is 5.75 Å². The highest BCUT2D eigenvalue weighted by Crippen LogP contribution is 2.23. The number of amides is 3. The van der Waals surface area contributed by atoms with E-state index in [1.165, 1.54) is 0 Å². The van der Waals surface area contributed by atoms with Gasteiger partial charge in [-0.1, -0.05) is 35.9 Å². The predicted molar refractivity (Wildman–Crippen MR) is 107 cm³/mol. The Balaban J connectivity index is 1.68. The molecule has 0 heterocycles. The van der Waals surface area contributed by atoms with Crippen LogP contribution in [0.3, 0.4) is 0 Å². The molecule has 0 aromatic heterocycles. The van der Waals surface area contributed by atoms with Gasteiger partial charge in [-0.2, -0.15) is 0 Å². The van der Waals surface area contributed by atoms with Crippen molar-refractivity contribution in [3.63, 3.8) is 0 Å². The van der Waals surface area contributed by atoms with E-state index in [0.717, 1.165) is 11.1 Å². The fourth-order valence-electron chi connectivity index (χ4n) is 2.28. The summed E-state index contributed by atoms with van der Waals surface area (Å²) in [5, 5.41) is 3.25. The standard InChI is InChI=1S/C20H22ClN3O4/c1-13-6-3-4-9-17(13)28-12-20(27)24-23-19(26)11-10-18(25)22-16-8-5-7-15(21)14(16)2/h3-9H,10-12H2,1-2H3,(H,22,25)(H,23,26)(H,24,27). The van der Waals surface area contributed by atoms with Crippen molar-refractivity contribution in [1.29, 1.82) is 0 Å². The van der Waals surface area contributed by atoms with Crippen molar-refractivity contribution >= 4 is 35.0 Å². The Labute approximate surface area is 168 Å². The maximum atomic E-state index is 12.0. The molecule has 0 bridgehead atoms. The van der Waals surface area contributed by atoms with Gasteiger partial charge in [0.2, 0.25) is 11.8 Å². The summed E-state index contributed by atoms with van der Waals surface area (Å²) in [5.41, 5.74) is 6.76. The monoisotopic (exact) mass is 403 g/mol. The molecule has 0 atom stereocenters. The number of hydrazine groups is 1. The summed E-state index contributed by atoms with van der Waals surface area (Å²) in [6.45, 7) is 3.42. The normalized spacial score (nSPS) is 10.1. The molecule has 0 saturated carbocycles. The molecule has 28 heavy (non-hydrogen) atoms. The van der Waals surface area contributed by atoms with Gasteiger partial charge in [-0.25, -0.2) is 0 Å². The number of hydrogen-bond donors (Lipinski definition) is 3. The largest absolute Gasteiger partial charge is 0.483 e. The molecule has 0 aliphatic heterocycles. The lowest BCUT2D eigenvalue weighted by molar-refractivity contribution is -0.130. The van der Waals surface area contributed by atoms with Gasteiger partial charge in [0.05, 0.1) is 0 Å². The van der Waals surface area contributed by atoms with E-state index in [4.69, 9.17) is 16.3 Å². The minimum absolute atomic E-state index is 0.0344. The molecule has 3 N–H and O–H groups in total. The molecule has 3 amide bonds. The van der Waals surface area contributed by atoms with Crippen molar-refractivity contribution in [2.45, 2.75) is 26.7 Å². The second-order valence-electron chi connectivity index (χ2n) is 6.11. The molecule has 0 unspecified atom stereocenters. The highest BCUT2D eigenvalue weighted by atomic mass is 35.5. The van der Waals surface area contributed by atoms with Crippen molar-refractivity contribution < 1.29 is 19.1 Å². The van der Waals surface area contributed by atoms with Crippen LogP contribution in [0.1, 0.15) is 24.0 Å². The van der Waals surface area contributed by atoms with E-state index in [1.54, 1.807) is 37.3 Å². The zero-order chi connectivity index (χ0) is 20.5. The van der Waals surface area contributed by atoms with Crippen LogP contribution in [0.4, 0.5) is 5.69 Å². The van der Waals surface area contributed by atoms with E-state index in [-0.39, 0.29) is 25.4 Å². The predicted octanol–water partition coefficient (Wildman–Crippen LogP) is 2.90. The Hall–Kier alpha value is -3.06. The first-order valence-corrected chi connectivity index (χ1v) is 9.05. The number of hydrogen-bond acceptors (Lipinski definition) is 4. The van der Waals surface area contributed by atoms with Crippen LogP contribution in [0.2, 0.25) is 5.02 Å². The number of aryl methyl sites for hydroxylation is 1. The van der Waals surface area contributed by atoms with Crippen molar-refractivity contribution in [1.82, 2.24) is 10.9 Å². The topological polar surface area (TPSA) is 96.5 Å². The molecule has 2 aromatic carbocycles. The number of ether oxygens (including phenoxy) is 1. The summed E-state index contributed by atoms with van der Waals surface area (Å²) in [5.74, 6) is -0.718. The molecule has 0 fully saturated rings. The van der Waals surface area contributed by atoms with Crippen LogP contribution >= 0.6 is 11.6 Å². The van der Waals surface area contributed by atoms with Gasteiger partial charge >= 0.3 is 0 Å². The van der Waals surface area contributed by atoms with E-state index >= 15 is 0 Å². The zero-order valence-corrected chi connectivity index (χ0v) is 16.4. The number of para-hydroxylation sites is 1. The van der Waals surface area contributed by atoms with Crippen LogP contribution in [0, 0.1) is 13.8 Å². The number of halogens is 1. The molecule has 7 nitrogen and oxygen atoms in total. The van der Waals surface area contributed by atoms with Crippen LogP contribution in [-0.4, -0.2) is 24.3 Å². The number of rotatable bonds is 7. The molecular formula is C20H22ClN3O4. The van der Waals surface area contributed by atoms with Gasteiger partial charge in [0.15, 0.2) is 6.61 Å². The average molecular weight is 404 g/mol. The third-order valence-corrected chi connectivity index (χ3v) is 4.32. The van der Waals surface area contributed by atoms with Gasteiger partial charge in [-0.15, -0.1) is 0 Å². The second-order valence-corrected chi connectivity index (χ2v) is 6.52. The van der Waals surface area contributed by atoms with Crippen molar-refractivity contribution in [2.75, 3.05) is 11.9 Å². The highest BCUT2D eigenvalue weighted by Gasteiger charge is 2.11. The summed E-state index contributed by atoms with van der Waals surface area (Å²) in [6.07, 6.45) is -0.113. The number of carbonyl (C=O) groups excluding carboxylic acids is 3. The van der Waals surface area contributed by atoms with Crippen molar-refractivity contribution in [3.05, 3.63) is 58.6 Å². The molecule has 2 aromatic rings. The van der Waals surface area contributed by atoms with Gasteiger partial charge in [0.25, 0.3) is 5.91 Å². The Morgan fingerprint density at radius 2 is 1.57 bits per heavy atom. The Morgan fingerprint density at radius 3 is 2.32 bits per heavy atom. The first-order chi connectivity index (χ1) is 13.4. The van der Waals surface area contributed by atoms with Crippen LogP contribution in [-0.2, 0) is 14.4 Å². The van der Waals surface area contributed by atoms with Crippen LogP contribution in [0.5, 0.6) is 5.75 Å². The second kappa shape index (κ2) is 10.3. The lowest BCUT2D eigenvalue weighted by Gasteiger charge is -2.11. The molecular weight excluding hydrogens is 382 g/mol. The number of nitrogens with one attached hydrogen (secondary N) is 3. The number of benzene rings is 2. The van der Waals surface area contributed by atoms with Gasteiger partial charge in [-0.3, -0.25) is 25.2 Å². The van der Waals surface area contributed by atoms with E-state index in [1.807, 2.05) is 19.1 Å². The van der Waals surface area contributed by atoms with Crippen LogP contribution in [0.25, 0.3) is 0 Å². The van der Waals surface area contributed by atoms with Gasteiger partial charge < -0.3 is 10.1 Å². The fraction of sp³-hybridized carbons (Fsp3) is 0.250.